The Kier molecular flexibility index (Phi) is 73.2. The van der Waals surface area contributed by atoms with Crippen molar-refractivity contribution < 1.29 is 28.7 Å². The van der Waals surface area contributed by atoms with Crippen LogP contribution in [0.5, 0.6) is 0 Å². The molecule has 0 aromatic heterocycles. The summed E-state index contributed by atoms with van der Waals surface area (Å²) in [6.07, 6.45) is 56.2. The Bertz CT molecular complexity index is 1120. The molecule has 0 bridgehead atoms. The van der Waals surface area contributed by atoms with Gasteiger partial charge in [0.25, 0.3) is 6.47 Å². The number of hydrogen-bond acceptors (Lipinski definition) is 7. The van der Waals surface area contributed by atoms with Crippen molar-refractivity contribution in [2.45, 2.75) is 358 Å². The highest BCUT2D eigenvalue weighted by molar-refractivity contribution is 6.63. The number of carbonyl (C=O) groups is 4. The first-order valence-corrected chi connectivity index (χ1v) is 33.9. The number of halogens is 1. The van der Waals surface area contributed by atoms with Crippen molar-refractivity contribution in [3.63, 3.8) is 0 Å². The number of likely N-dealkylation sites (tertiary alicyclic amines) is 1. The predicted octanol–water partition coefficient (Wildman–Crippen LogP) is 21.1. The zero-order valence-corrected chi connectivity index (χ0v) is 54.6. The molecule has 1 amide bonds. The van der Waals surface area contributed by atoms with Crippen LogP contribution in [0.1, 0.15) is 352 Å². The van der Waals surface area contributed by atoms with E-state index in [2.05, 4.69) is 58.7 Å². The quantitative estimate of drug-likeness (QED) is 0.0368. The molecule has 1 aliphatic heterocycles. The smallest absolute Gasteiger partial charge is 0.293 e. The van der Waals surface area contributed by atoms with E-state index in [1.54, 1.807) is 0 Å². The first-order chi connectivity index (χ1) is 37.3. The Morgan fingerprint density at radius 1 is 0.519 bits per heavy atom. The van der Waals surface area contributed by atoms with E-state index in [0.717, 1.165) is 82.5 Å². The Hall–Kier alpha value is -1.51. The topological polar surface area (TPSA) is 102 Å². The summed E-state index contributed by atoms with van der Waals surface area (Å²) in [5.74, 6) is 2.11. The molecule has 0 saturated carbocycles. The number of nitrogens with zero attached hydrogens (tertiary/aromatic N) is 1. The summed E-state index contributed by atoms with van der Waals surface area (Å²) in [6.45, 7) is 27.8. The second-order valence-corrected chi connectivity index (χ2v) is 24.4. The van der Waals surface area contributed by atoms with Crippen molar-refractivity contribution in [2.24, 2.45) is 17.3 Å². The van der Waals surface area contributed by atoms with Crippen LogP contribution in [0, 0.1) is 17.3 Å². The third-order valence-corrected chi connectivity index (χ3v) is 15.1. The van der Waals surface area contributed by atoms with Crippen LogP contribution in [0.2, 0.25) is 0 Å². The SMILES string of the molecule is CC(C)(C=O)CCCCCCN1CCCC1.CCCC(=O)Cl.CCCCCC(CCCCC)CCCOC.CCCCCCC(C)C.CCCCCCCCC(CCCCCCCC)NC(=O)CCCCCCCOC=O. The van der Waals surface area contributed by atoms with Crippen LogP contribution in [-0.2, 0) is 28.7 Å². The van der Waals surface area contributed by atoms with Crippen molar-refractivity contribution in [1.29, 1.82) is 0 Å². The Morgan fingerprint density at radius 3 is 1.42 bits per heavy atom. The van der Waals surface area contributed by atoms with Gasteiger partial charge in [-0.3, -0.25) is 14.4 Å². The van der Waals surface area contributed by atoms with E-state index in [-0.39, 0.29) is 16.6 Å². The molecule has 1 heterocycles. The van der Waals surface area contributed by atoms with Crippen molar-refractivity contribution in [1.82, 2.24) is 10.2 Å². The summed E-state index contributed by atoms with van der Waals surface area (Å²) in [4.78, 5) is 45.6. The van der Waals surface area contributed by atoms with Crippen LogP contribution in [0.4, 0.5) is 0 Å². The fraction of sp³-hybridized carbons (Fsp3) is 0.941. The Morgan fingerprint density at radius 2 is 0.948 bits per heavy atom. The molecule has 1 aliphatic rings. The maximum absolute atomic E-state index is 12.4. The van der Waals surface area contributed by atoms with Crippen LogP contribution >= 0.6 is 11.6 Å². The van der Waals surface area contributed by atoms with Crippen molar-refractivity contribution in [2.75, 3.05) is 40.0 Å². The number of amides is 1. The minimum absolute atomic E-state index is 0.102. The van der Waals surface area contributed by atoms with Gasteiger partial charge in [0, 0.05) is 38.0 Å². The largest absolute Gasteiger partial charge is 0.468 e. The molecule has 9 heteroatoms. The van der Waals surface area contributed by atoms with Gasteiger partial charge in [-0.05, 0) is 114 Å². The van der Waals surface area contributed by atoms with Crippen LogP contribution in [0.3, 0.4) is 0 Å². The molecule has 0 aromatic rings. The van der Waals surface area contributed by atoms with E-state index >= 15 is 0 Å². The van der Waals surface area contributed by atoms with Gasteiger partial charge in [0.1, 0.15) is 6.29 Å². The van der Waals surface area contributed by atoms with Gasteiger partial charge in [-0.15, -0.1) is 0 Å². The number of rotatable bonds is 51. The zero-order valence-electron chi connectivity index (χ0n) is 53.8. The summed E-state index contributed by atoms with van der Waals surface area (Å²) in [5.41, 5.74) is -0.102. The molecule has 0 radical (unpaired) electrons. The average Bonchev–Trinajstić information content (AvgIpc) is 3.93. The lowest BCUT2D eigenvalue weighted by molar-refractivity contribution is -0.129. The van der Waals surface area contributed by atoms with Gasteiger partial charge in [0.2, 0.25) is 11.1 Å². The highest BCUT2D eigenvalue weighted by Crippen LogP contribution is 2.23. The number of methoxy groups -OCH3 is 1. The van der Waals surface area contributed by atoms with Crippen LogP contribution in [-0.4, -0.2) is 74.8 Å². The van der Waals surface area contributed by atoms with Gasteiger partial charge in [-0.2, -0.15) is 0 Å². The van der Waals surface area contributed by atoms with Gasteiger partial charge in [0.15, 0.2) is 0 Å². The minimum Gasteiger partial charge on any atom is -0.468 e. The van der Waals surface area contributed by atoms with Crippen molar-refractivity contribution >= 4 is 35.5 Å². The first-order valence-electron chi connectivity index (χ1n) is 33.5. The molecular formula is C68H137ClN2O6. The third-order valence-electron chi connectivity index (χ3n) is 14.9. The van der Waals surface area contributed by atoms with Crippen molar-refractivity contribution in [3.05, 3.63) is 0 Å². The summed E-state index contributed by atoms with van der Waals surface area (Å²) in [5, 5.41) is 3.10. The van der Waals surface area contributed by atoms with E-state index in [1.165, 1.54) is 232 Å². The number of nitrogens with one attached hydrogen (secondary N) is 1. The molecule has 1 N–H and O–H groups in total. The molecule has 1 saturated heterocycles. The summed E-state index contributed by atoms with van der Waals surface area (Å²) >= 11 is 4.94. The average molecular weight is 1110 g/mol. The number of ether oxygens (including phenoxy) is 2. The molecule has 0 aromatic carbocycles. The van der Waals surface area contributed by atoms with Crippen molar-refractivity contribution in [3.8, 4) is 0 Å². The molecule has 0 unspecified atom stereocenters. The normalized spacial score (nSPS) is 12.2. The molecule has 0 spiro atoms. The molecule has 0 aliphatic carbocycles. The van der Waals surface area contributed by atoms with Gasteiger partial charge >= 0.3 is 0 Å². The summed E-state index contributed by atoms with van der Waals surface area (Å²) in [7, 11) is 1.81. The van der Waals surface area contributed by atoms with E-state index in [0.29, 0.717) is 32.0 Å². The van der Waals surface area contributed by atoms with E-state index in [1.807, 2.05) is 27.9 Å². The molecule has 1 rings (SSSR count). The number of aldehydes is 1. The van der Waals surface area contributed by atoms with Gasteiger partial charge in [0.05, 0.1) is 6.61 Å². The standard InChI is InChI=1S/C26H51NO3.C15H32O.C14H27NO.C9H20.C4H7ClO/c1-3-5-7-9-12-16-20-25(21-17-13-10-8-6-4-2)27-26(29)22-18-14-11-15-19-23-30-24-28;1-4-6-8-11-15(12-9-7-5-2)13-10-14-16-3;1-14(2,13-16)9-5-3-4-6-10-15-11-7-8-12-15;1-4-5-6-7-8-9(2)3;1-2-3-4(5)6/h24-25H,3-23H2,1-2H3,(H,27,29);15H,4-14H2,1-3H3;13H,3-12H2,1-2H3;9H,4-8H2,1-3H3;2-3H2,1H3. The molecule has 462 valence electrons. The highest BCUT2D eigenvalue weighted by Gasteiger charge is 2.16. The lowest BCUT2D eigenvalue weighted by Crippen LogP contribution is -2.34. The molecule has 77 heavy (non-hydrogen) atoms. The van der Waals surface area contributed by atoms with Gasteiger partial charge in [-0.25, -0.2) is 0 Å². The number of carbonyl (C=O) groups excluding carboxylic acids is 4. The first kappa shape index (κ1) is 82.0. The lowest BCUT2D eigenvalue weighted by Gasteiger charge is -2.19. The van der Waals surface area contributed by atoms with E-state index in [4.69, 9.17) is 21.1 Å². The molecular weight excluding hydrogens is 976 g/mol. The monoisotopic (exact) mass is 1110 g/mol. The van der Waals surface area contributed by atoms with Crippen LogP contribution < -0.4 is 5.32 Å². The maximum Gasteiger partial charge on any atom is 0.293 e. The predicted molar refractivity (Wildman–Crippen MR) is 338 cm³/mol. The number of unbranched alkanes of at least 4 members (excludes halogenated alkanes) is 24. The second-order valence-electron chi connectivity index (χ2n) is 24.0. The fourth-order valence-electron chi connectivity index (χ4n) is 9.81. The molecule has 1 fully saturated rings. The fourth-order valence-corrected chi connectivity index (χ4v) is 10.00. The van der Waals surface area contributed by atoms with Gasteiger partial charge in [-0.1, -0.05) is 268 Å². The lowest BCUT2D eigenvalue weighted by atomic mass is 9.89. The zero-order chi connectivity index (χ0) is 58.1. The molecule has 0 atom stereocenters. The molecule has 8 nitrogen and oxygen atoms in total. The number of hydrogen-bond donors (Lipinski definition) is 1. The Balaban J connectivity index is -0.000000479. The maximum atomic E-state index is 12.4. The van der Waals surface area contributed by atoms with Crippen LogP contribution in [0.25, 0.3) is 0 Å². The summed E-state index contributed by atoms with van der Waals surface area (Å²) in [6, 6.07) is 0.371. The third kappa shape index (κ3) is 74.5. The summed E-state index contributed by atoms with van der Waals surface area (Å²) < 4.78 is 9.84. The Labute approximate surface area is 487 Å². The van der Waals surface area contributed by atoms with Crippen LogP contribution in [0.15, 0.2) is 0 Å². The minimum atomic E-state index is -0.238. The second kappa shape index (κ2) is 68.8. The van der Waals surface area contributed by atoms with Gasteiger partial charge < -0.3 is 24.5 Å². The van der Waals surface area contributed by atoms with E-state index in [9.17, 15) is 19.2 Å². The highest BCUT2D eigenvalue weighted by atomic mass is 35.5. The van der Waals surface area contributed by atoms with E-state index < -0.39 is 0 Å².